The average Bonchev–Trinajstić information content (AvgIpc) is 2.53. The molecule has 0 unspecified atom stereocenters. The third-order valence-corrected chi connectivity index (χ3v) is 4.95. The van der Waals surface area contributed by atoms with E-state index in [2.05, 4.69) is 61.5 Å². The predicted molar refractivity (Wildman–Crippen MR) is 93.8 cm³/mol. The molecular weight excluding hydrogens is 290 g/mol. The normalized spacial score (nSPS) is 14.8. The lowest BCUT2D eigenvalue weighted by molar-refractivity contribution is 0.414. The van der Waals surface area contributed by atoms with E-state index in [9.17, 15) is 0 Å². The minimum absolute atomic E-state index is 0.914. The maximum absolute atomic E-state index is 5.41. The fourth-order valence-electron chi connectivity index (χ4n) is 2.66. The van der Waals surface area contributed by atoms with Crippen molar-refractivity contribution in [2.45, 2.75) is 16.2 Å². The van der Waals surface area contributed by atoms with Crippen molar-refractivity contribution >= 4 is 17.3 Å². The number of fused-ring (bicyclic) bond motifs is 2. The van der Waals surface area contributed by atoms with E-state index in [-0.39, 0.29) is 0 Å². The molecule has 2 nitrogen and oxygen atoms in total. The van der Waals surface area contributed by atoms with Gasteiger partial charge in [-0.2, -0.15) is 0 Å². The van der Waals surface area contributed by atoms with Crippen molar-refractivity contribution in [3.63, 3.8) is 0 Å². The number of benzene rings is 2. The standard InChI is InChI=1S/C19H21NOS/c1-20(2)12-6-8-15-16-7-4-5-9-18(16)22-19-11-10-14(21-3)13-17(15)19/h4-5,7-11,13H,6,12H2,1-3H3. The molecule has 0 fully saturated rings. The number of nitrogens with zero attached hydrogens (tertiary/aromatic N) is 1. The summed E-state index contributed by atoms with van der Waals surface area (Å²) in [7, 11) is 5.95. The highest BCUT2D eigenvalue weighted by atomic mass is 32.2. The van der Waals surface area contributed by atoms with Gasteiger partial charge in [0.2, 0.25) is 0 Å². The number of hydrogen-bond donors (Lipinski definition) is 0. The number of methoxy groups -OCH3 is 1. The van der Waals surface area contributed by atoms with E-state index in [0.717, 1.165) is 18.7 Å². The molecule has 0 saturated carbocycles. The van der Waals surface area contributed by atoms with Gasteiger partial charge in [0.25, 0.3) is 0 Å². The van der Waals surface area contributed by atoms with Crippen LogP contribution >= 0.6 is 11.8 Å². The van der Waals surface area contributed by atoms with Crippen molar-refractivity contribution in [2.75, 3.05) is 27.7 Å². The van der Waals surface area contributed by atoms with Crippen molar-refractivity contribution in [3.05, 3.63) is 59.7 Å². The molecule has 1 aliphatic heterocycles. The van der Waals surface area contributed by atoms with Crippen LogP contribution < -0.4 is 4.74 Å². The van der Waals surface area contributed by atoms with Crippen LogP contribution in [0.1, 0.15) is 17.5 Å². The van der Waals surface area contributed by atoms with Gasteiger partial charge in [-0.25, -0.2) is 0 Å². The number of hydrogen-bond acceptors (Lipinski definition) is 3. The number of rotatable bonds is 4. The van der Waals surface area contributed by atoms with E-state index in [1.807, 2.05) is 17.8 Å². The molecule has 0 aliphatic carbocycles. The minimum atomic E-state index is 0.914. The molecule has 0 radical (unpaired) electrons. The summed E-state index contributed by atoms with van der Waals surface area (Å²) in [5.41, 5.74) is 3.93. The molecule has 3 heteroatoms. The van der Waals surface area contributed by atoms with Gasteiger partial charge in [-0.05, 0) is 61.5 Å². The Morgan fingerprint density at radius 3 is 2.59 bits per heavy atom. The van der Waals surface area contributed by atoms with Crippen molar-refractivity contribution < 1.29 is 4.74 Å². The Labute approximate surface area is 136 Å². The first-order chi connectivity index (χ1) is 10.7. The molecular formula is C19H21NOS. The van der Waals surface area contributed by atoms with Crippen LogP contribution in [-0.4, -0.2) is 32.6 Å². The first-order valence-electron chi connectivity index (χ1n) is 7.49. The van der Waals surface area contributed by atoms with E-state index in [1.54, 1.807) is 7.11 Å². The van der Waals surface area contributed by atoms with Crippen molar-refractivity contribution in [1.29, 1.82) is 0 Å². The van der Waals surface area contributed by atoms with Crippen LogP contribution in [-0.2, 0) is 0 Å². The zero-order valence-corrected chi connectivity index (χ0v) is 14.1. The molecule has 114 valence electrons. The van der Waals surface area contributed by atoms with Crippen LogP contribution in [0.15, 0.2) is 58.3 Å². The summed E-state index contributed by atoms with van der Waals surface area (Å²) in [4.78, 5) is 4.85. The van der Waals surface area contributed by atoms with Crippen LogP contribution in [0.25, 0.3) is 5.57 Å². The van der Waals surface area contributed by atoms with Crippen LogP contribution in [0, 0.1) is 0 Å². The van der Waals surface area contributed by atoms with Gasteiger partial charge in [-0.3, -0.25) is 0 Å². The molecule has 0 spiro atoms. The quantitative estimate of drug-likeness (QED) is 0.702. The van der Waals surface area contributed by atoms with Gasteiger partial charge in [0, 0.05) is 16.3 Å². The fraction of sp³-hybridized carbons (Fsp3) is 0.263. The summed E-state index contributed by atoms with van der Waals surface area (Å²) in [5, 5.41) is 0. The van der Waals surface area contributed by atoms with E-state index >= 15 is 0 Å². The highest BCUT2D eigenvalue weighted by molar-refractivity contribution is 7.99. The van der Waals surface area contributed by atoms with Gasteiger partial charge in [0.1, 0.15) is 5.75 Å². The lowest BCUT2D eigenvalue weighted by atomic mass is 9.96. The molecule has 1 heterocycles. The Kier molecular flexibility index (Phi) is 4.55. The molecule has 0 saturated heterocycles. The Morgan fingerprint density at radius 1 is 1.05 bits per heavy atom. The van der Waals surface area contributed by atoms with Crippen molar-refractivity contribution in [1.82, 2.24) is 4.90 Å². The summed E-state index contributed by atoms with van der Waals surface area (Å²) in [5.74, 6) is 0.914. The minimum Gasteiger partial charge on any atom is -0.497 e. The largest absolute Gasteiger partial charge is 0.497 e. The monoisotopic (exact) mass is 311 g/mol. The average molecular weight is 311 g/mol. The summed E-state index contributed by atoms with van der Waals surface area (Å²) < 4.78 is 5.41. The second kappa shape index (κ2) is 6.59. The van der Waals surface area contributed by atoms with Crippen LogP contribution in [0.4, 0.5) is 0 Å². The second-order valence-corrected chi connectivity index (χ2v) is 6.75. The lowest BCUT2D eigenvalue weighted by Crippen LogP contribution is -2.12. The van der Waals surface area contributed by atoms with Crippen LogP contribution in [0.2, 0.25) is 0 Å². The number of ether oxygens (including phenoxy) is 1. The summed E-state index contributed by atoms with van der Waals surface area (Å²) in [6, 6.07) is 15.0. The Balaban J connectivity index is 2.06. The maximum Gasteiger partial charge on any atom is 0.119 e. The zero-order valence-electron chi connectivity index (χ0n) is 13.3. The van der Waals surface area contributed by atoms with E-state index < -0.39 is 0 Å². The van der Waals surface area contributed by atoms with Crippen LogP contribution in [0.3, 0.4) is 0 Å². The smallest absolute Gasteiger partial charge is 0.119 e. The molecule has 22 heavy (non-hydrogen) atoms. The molecule has 2 aromatic carbocycles. The molecule has 0 amide bonds. The van der Waals surface area contributed by atoms with E-state index in [4.69, 9.17) is 4.74 Å². The van der Waals surface area contributed by atoms with Crippen LogP contribution in [0.5, 0.6) is 5.75 Å². The Bertz CT molecular complexity index is 706. The van der Waals surface area contributed by atoms with E-state index in [0.29, 0.717) is 0 Å². The first-order valence-corrected chi connectivity index (χ1v) is 8.31. The van der Waals surface area contributed by atoms with Gasteiger partial charge in [-0.15, -0.1) is 0 Å². The summed E-state index contributed by atoms with van der Waals surface area (Å²) >= 11 is 1.84. The van der Waals surface area contributed by atoms with Crippen molar-refractivity contribution in [3.8, 4) is 5.75 Å². The Morgan fingerprint density at radius 2 is 1.82 bits per heavy atom. The molecule has 2 aromatic rings. The highest BCUT2D eigenvalue weighted by Crippen LogP contribution is 2.46. The lowest BCUT2D eigenvalue weighted by Gasteiger charge is -2.23. The first kappa shape index (κ1) is 15.2. The fourth-order valence-corrected chi connectivity index (χ4v) is 3.75. The second-order valence-electron chi connectivity index (χ2n) is 5.67. The predicted octanol–water partition coefficient (Wildman–Crippen LogP) is 4.54. The van der Waals surface area contributed by atoms with Gasteiger partial charge < -0.3 is 9.64 Å². The SMILES string of the molecule is COc1ccc2c(c1)C(=CCCN(C)C)c1ccccc1S2. The van der Waals surface area contributed by atoms with Crippen molar-refractivity contribution in [2.24, 2.45) is 0 Å². The third-order valence-electron chi connectivity index (χ3n) is 3.80. The topological polar surface area (TPSA) is 12.5 Å². The molecule has 0 aromatic heterocycles. The van der Waals surface area contributed by atoms with Gasteiger partial charge in [0.05, 0.1) is 7.11 Å². The van der Waals surface area contributed by atoms with Gasteiger partial charge >= 0.3 is 0 Å². The molecule has 1 aliphatic rings. The Hall–Kier alpha value is -1.71. The summed E-state index contributed by atoms with van der Waals surface area (Å²) in [6.07, 6.45) is 3.40. The maximum atomic E-state index is 5.41. The third kappa shape index (κ3) is 3.06. The zero-order chi connectivity index (χ0) is 15.5. The van der Waals surface area contributed by atoms with Gasteiger partial charge in [0.15, 0.2) is 0 Å². The molecule has 0 N–H and O–H groups in total. The van der Waals surface area contributed by atoms with E-state index in [1.165, 1.54) is 26.5 Å². The summed E-state index contributed by atoms with van der Waals surface area (Å²) in [6.45, 7) is 1.05. The molecule has 0 bridgehead atoms. The van der Waals surface area contributed by atoms with Gasteiger partial charge in [-0.1, -0.05) is 36.0 Å². The molecule has 0 atom stereocenters. The molecule has 3 rings (SSSR count). The highest BCUT2D eigenvalue weighted by Gasteiger charge is 2.20.